The number of piperidine rings is 1. The Morgan fingerprint density at radius 2 is 2.00 bits per heavy atom. The summed E-state index contributed by atoms with van der Waals surface area (Å²) in [5.74, 6) is 0.802. The van der Waals surface area contributed by atoms with Gasteiger partial charge in [-0.1, -0.05) is 26.8 Å². The molecule has 8 heteroatoms. The van der Waals surface area contributed by atoms with E-state index >= 15 is 0 Å². The highest BCUT2D eigenvalue weighted by Crippen LogP contribution is 2.22. The van der Waals surface area contributed by atoms with Crippen molar-refractivity contribution in [2.24, 2.45) is 0 Å². The molecule has 0 spiro atoms. The van der Waals surface area contributed by atoms with Crippen molar-refractivity contribution >= 4 is 11.8 Å². The first-order valence-electron chi connectivity index (χ1n) is 10.8. The molecule has 8 nitrogen and oxygen atoms in total. The summed E-state index contributed by atoms with van der Waals surface area (Å²) < 4.78 is 1.75. The summed E-state index contributed by atoms with van der Waals surface area (Å²) in [6, 6.07) is 5.75. The Labute approximate surface area is 178 Å². The van der Waals surface area contributed by atoms with Crippen molar-refractivity contribution in [3.05, 3.63) is 41.9 Å². The molecule has 1 saturated heterocycles. The van der Waals surface area contributed by atoms with Gasteiger partial charge in [-0.25, -0.2) is 9.67 Å². The predicted octanol–water partition coefficient (Wildman–Crippen LogP) is 2.11. The molecule has 0 radical (unpaired) electrons. The van der Waals surface area contributed by atoms with Gasteiger partial charge in [-0.05, 0) is 37.3 Å². The van der Waals surface area contributed by atoms with Crippen molar-refractivity contribution in [3.63, 3.8) is 0 Å². The Bertz CT molecular complexity index is 841. The third kappa shape index (κ3) is 5.44. The van der Waals surface area contributed by atoms with Crippen molar-refractivity contribution in [3.8, 4) is 5.82 Å². The number of aromatic nitrogens is 3. The van der Waals surface area contributed by atoms with Crippen LogP contribution < -0.4 is 10.6 Å². The zero-order chi connectivity index (χ0) is 21.5. The summed E-state index contributed by atoms with van der Waals surface area (Å²) in [5.41, 5.74) is 1.45. The number of carbonyl (C=O) groups excluding carboxylic acids is 2. The highest BCUT2D eigenvalue weighted by molar-refractivity contribution is 5.95. The first-order valence-corrected chi connectivity index (χ1v) is 10.8. The van der Waals surface area contributed by atoms with Gasteiger partial charge in [0.2, 0.25) is 5.91 Å². The molecular weight excluding hydrogens is 380 g/mol. The number of amides is 2. The summed E-state index contributed by atoms with van der Waals surface area (Å²) in [4.78, 5) is 31.4. The second kappa shape index (κ2) is 10.3. The molecule has 2 aromatic heterocycles. The third-order valence-corrected chi connectivity index (χ3v) is 5.33. The van der Waals surface area contributed by atoms with Gasteiger partial charge in [0.05, 0.1) is 24.0 Å². The molecule has 2 amide bonds. The normalized spacial score (nSPS) is 15.3. The van der Waals surface area contributed by atoms with Gasteiger partial charge in [-0.3, -0.25) is 14.5 Å². The van der Waals surface area contributed by atoms with Crippen LogP contribution in [0.1, 0.15) is 62.0 Å². The number of nitrogens with zero attached hydrogens (tertiary/aromatic N) is 4. The number of rotatable bonds is 8. The highest BCUT2D eigenvalue weighted by atomic mass is 16.2. The molecule has 2 N–H and O–H groups in total. The lowest BCUT2D eigenvalue weighted by molar-refractivity contribution is -0.122. The van der Waals surface area contributed by atoms with Gasteiger partial charge < -0.3 is 10.6 Å². The molecule has 2 aromatic rings. The fourth-order valence-electron chi connectivity index (χ4n) is 3.77. The van der Waals surface area contributed by atoms with Gasteiger partial charge in [-0.15, -0.1) is 0 Å². The molecule has 1 fully saturated rings. The number of carbonyl (C=O) groups is 2. The van der Waals surface area contributed by atoms with E-state index in [9.17, 15) is 9.59 Å². The van der Waals surface area contributed by atoms with Crippen molar-refractivity contribution < 1.29 is 9.59 Å². The first-order chi connectivity index (χ1) is 14.5. The molecular formula is C22H32N6O2. The standard InChI is InChI=1S/C22H32N6O2/c1-4-10-24-20(29)15-27-12-8-17(9-13-27)26-22(30)18-14-25-28(21(18)16(2)3)19-7-5-6-11-23-19/h5-7,11,14,16-17H,4,8-10,12-13,15H2,1-3H3,(H,24,29)(H,26,30). The average molecular weight is 413 g/mol. The molecule has 0 unspecified atom stereocenters. The summed E-state index contributed by atoms with van der Waals surface area (Å²) in [5, 5.41) is 10.5. The zero-order valence-electron chi connectivity index (χ0n) is 18.1. The van der Waals surface area contributed by atoms with Crippen LogP contribution in [0.15, 0.2) is 30.6 Å². The van der Waals surface area contributed by atoms with E-state index in [1.165, 1.54) is 0 Å². The largest absolute Gasteiger partial charge is 0.355 e. The molecule has 0 saturated carbocycles. The van der Waals surface area contributed by atoms with Crippen LogP contribution in [0.25, 0.3) is 5.82 Å². The van der Waals surface area contributed by atoms with Gasteiger partial charge in [0.25, 0.3) is 5.91 Å². The van der Waals surface area contributed by atoms with Gasteiger partial charge in [0.15, 0.2) is 5.82 Å². The van der Waals surface area contributed by atoms with Crippen LogP contribution in [0.4, 0.5) is 0 Å². The van der Waals surface area contributed by atoms with Crippen LogP contribution in [-0.2, 0) is 4.79 Å². The summed E-state index contributed by atoms with van der Waals surface area (Å²) >= 11 is 0. The Morgan fingerprint density at radius 1 is 1.23 bits per heavy atom. The molecule has 3 heterocycles. The fraction of sp³-hybridized carbons (Fsp3) is 0.545. The Morgan fingerprint density at radius 3 is 2.63 bits per heavy atom. The van der Waals surface area contributed by atoms with Crippen LogP contribution in [0.5, 0.6) is 0 Å². The minimum absolute atomic E-state index is 0.0721. The van der Waals surface area contributed by atoms with Crippen LogP contribution in [0.3, 0.4) is 0 Å². The van der Waals surface area contributed by atoms with Gasteiger partial charge in [-0.2, -0.15) is 5.10 Å². The van der Waals surface area contributed by atoms with Crippen molar-refractivity contribution in [1.29, 1.82) is 0 Å². The van der Waals surface area contributed by atoms with Gasteiger partial charge in [0, 0.05) is 31.9 Å². The summed E-state index contributed by atoms with van der Waals surface area (Å²) in [6.07, 6.45) is 5.95. The number of hydrogen-bond acceptors (Lipinski definition) is 5. The summed E-state index contributed by atoms with van der Waals surface area (Å²) in [6.45, 7) is 8.89. The lowest BCUT2D eigenvalue weighted by Gasteiger charge is -2.31. The molecule has 0 aliphatic carbocycles. The Hall–Kier alpha value is -2.74. The molecule has 0 aromatic carbocycles. The quantitative estimate of drug-likeness (QED) is 0.693. The van der Waals surface area contributed by atoms with E-state index in [-0.39, 0.29) is 23.8 Å². The maximum atomic E-state index is 13.0. The lowest BCUT2D eigenvalue weighted by Crippen LogP contribution is -2.47. The minimum Gasteiger partial charge on any atom is -0.355 e. The molecule has 1 aliphatic rings. The number of likely N-dealkylation sites (tertiary alicyclic amines) is 1. The van der Waals surface area contributed by atoms with Gasteiger partial charge >= 0.3 is 0 Å². The second-order valence-corrected chi connectivity index (χ2v) is 8.07. The molecule has 30 heavy (non-hydrogen) atoms. The topological polar surface area (TPSA) is 92.2 Å². The van der Waals surface area contributed by atoms with Crippen molar-refractivity contribution in [1.82, 2.24) is 30.3 Å². The van der Waals surface area contributed by atoms with Crippen LogP contribution in [0, 0.1) is 0 Å². The maximum absolute atomic E-state index is 13.0. The van der Waals surface area contributed by atoms with Crippen LogP contribution in [-0.4, -0.2) is 63.7 Å². The smallest absolute Gasteiger partial charge is 0.255 e. The van der Waals surface area contributed by atoms with Crippen molar-refractivity contribution in [2.45, 2.75) is 52.0 Å². The lowest BCUT2D eigenvalue weighted by atomic mass is 10.0. The molecule has 3 rings (SSSR count). The Kier molecular flexibility index (Phi) is 7.57. The second-order valence-electron chi connectivity index (χ2n) is 8.07. The number of hydrogen-bond donors (Lipinski definition) is 2. The van der Waals surface area contributed by atoms with E-state index in [2.05, 4.69) is 39.5 Å². The number of nitrogens with one attached hydrogen (secondary N) is 2. The van der Waals surface area contributed by atoms with Crippen LogP contribution >= 0.6 is 0 Å². The monoisotopic (exact) mass is 412 g/mol. The molecule has 0 atom stereocenters. The minimum atomic E-state index is -0.0972. The maximum Gasteiger partial charge on any atom is 0.255 e. The van der Waals surface area contributed by atoms with Gasteiger partial charge in [0.1, 0.15) is 0 Å². The van der Waals surface area contributed by atoms with E-state index in [4.69, 9.17) is 0 Å². The van der Waals surface area contributed by atoms with Crippen molar-refractivity contribution in [2.75, 3.05) is 26.2 Å². The van der Waals surface area contributed by atoms with E-state index in [0.29, 0.717) is 17.9 Å². The predicted molar refractivity (Wildman–Crippen MR) is 116 cm³/mol. The summed E-state index contributed by atoms with van der Waals surface area (Å²) in [7, 11) is 0. The fourth-order valence-corrected chi connectivity index (χ4v) is 3.77. The SMILES string of the molecule is CCCNC(=O)CN1CCC(NC(=O)c2cnn(-c3ccccn3)c2C(C)C)CC1. The van der Waals surface area contributed by atoms with E-state index in [0.717, 1.165) is 44.6 Å². The molecule has 1 aliphatic heterocycles. The van der Waals surface area contributed by atoms with E-state index in [1.807, 2.05) is 25.1 Å². The van der Waals surface area contributed by atoms with E-state index in [1.54, 1.807) is 17.1 Å². The van der Waals surface area contributed by atoms with Crippen LogP contribution in [0.2, 0.25) is 0 Å². The first kappa shape index (κ1) is 22.0. The molecule has 162 valence electrons. The highest BCUT2D eigenvalue weighted by Gasteiger charge is 2.26. The molecule has 0 bridgehead atoms. The third-order valence-electron chi connectivity index (χ3n) is 5.33. The number of pyridine rings is 1. The zero-order valence-corrected chi connectivity index (χ0v) is 18.1. The average Bonchev–Trinajstić information content (AvgIpc) is 3.20. The Balaban J connectivity index is 1.59. The van der Waals surface area contributed by atoms with E-state index < -0.39 is 0 Å².